The van der Waals surface area contributed by atoms with Gasteiger partial charge in [0.2, 0.25) is 0 Å². The summed E-state index contributed by atoms with van der Waals surface area (Å²) < 4.78 is 16.5. The van der Waals surface area contributed by atoms with Gasteiger partial charge in [-0.1, -0.05) is 18.7 Å². The number of phenols is 1. The largest absolute Gasteiger partial charge is 0.504 e. The lowest BCUT2D eigenvalue weighted by Gasteiger charge is -2.16. The highest BCUT2D eigenvalue weighted by molar-refractivity contribution is 5.88. The van der Waals surface area contributed by atoms with Crippen LogP contribution in [0.15, 0.2) is 72.2 Å². The number of aromatic nitrogens is 1. The smallest absolute Gasteiger partial charge is 0.313 e. The fraction of sp³-hybridized carbons (Fsp3) is 0.280. The van der Waals surface area contributed by atoms with E-state index in [1.54, 1.807) is 32.2 Å². The van der Waals surface area contributed by atoms with Crippen LogP contribution in [0, 0.1) is 5.92 Å². The first kappa shape index (κ1) is 23.7. The number of rotatable bonds is 9. The summed E-state index contributed by atoms with van der Waals surface area (Å²) in [5.41, 5.74) is 1.96. The number of ether oxygens (including phenoxy) is 3. The molecule has 0 fully saturated rings. The minimum atomic E-state index is -0.491. The molecule has 0 bridgehead atoms. The molecule has 0 aliphatic rings. The normalized spacial score (nSPS) is 13.3. The minimum absolute atomic E-state index is 0.00502. The highest BCUT2D eigenvalue weighted by Gasteiger charge is 2.20. The second kappa shape index (κ2) is 11.0. The zero-order valence-corrected chi connectivity index (χ0v) is 18.6. The van der Waals surface area contributed by atoms with E-state index in [1.165, 1.54) is 13.2 Å². The third-order valence-electron chi connectivity index (χ3n) is 4.69. The molecule has 1 unspecified atom stereocenters. The monoisotopic (exact) mass is 423 g/mol. The molecular weight excluding hydrogens is 394 g/mol. The van der Waals surface area contributed by atoms with Crippen LogP contribution in [0.25, 0.3) is 10.9 Å². The van der Waals surface area contributed by atoms with Crippen LogP contribution in [0.2, 0.25) is 0 Å². The Labute approximate surface area is 183 Å². The SMILES string of the molecule is C=C(C(/C=C\C)=C\C(=C/C)Oc1ccnc2cc(O)c(OC)cc12)C(C)C(=O)OCC. The number of phenolic OH excluding ortho intramolecular Hbond substituents is 1. The average Bonchev–Trinajstić information content (AvgIpc) is 2.76. The molecule has 0 saturated heterocycles. The third-order valence-corrected chi connectivity index (χ3v) is 4.69. The van der Waals surface area contributed by atoms with Crippen LogP contribution in [0.5, 0.6) is 17.2 Å². The van der Waals surface area contributed by atoms with E-state index in [2.05, 4.69) is 11.6 Å². The first-order valence-electron chi connectivity index (χ1n) is 10.1. The van der Waals surface area contributed by atoms with Crippen molar-refractivity contribution < 1.29 is 24.1 Å². The predicted octanol–water partition coefficient (Wildman–Crippen LogP) is 5.49. The summed E-state index contributed by atoms with van der Waals surface area (Å²) in [5, 5.41) is 10.7. The molecule has 2 rings (SSSR count). The van der Waals surface area contributed by atoms with Gasteiger partial charge in [0.15, 0.2) is 11.5 Å². The molecule has 0 aliphatic carbocycles. The number of pyridine rings is 1. The van der Waals surface area contributed by atoms with Gasteiger partial charge in [0, 0.05) is 17.6 Å². The minimum Gasteiger partial charge on any atom is -0.504 e. The fourth-order valence-electron chi connectivity index (χ4n) is 2.93. The van der Waals surface area contributed by atoms with Gasteiger partial charge in [-0.3, -0.25) is 9.78 Å². The Morgan fingerprint density at radius 2 is 2.03 bits per heavy atom. The van der Waals surface area contributed by atoms with Gasteiger partial charge < -0.3 is 19.3 Å². The van der Waals surface area contributed by atoms with Crippen LogP contribution >= 0.6 is 0 Å². The number of allylic oxidation sites excluding steroid dienone is 5. The zero-order chi connectivity index (χ0) is 23.0. The first-order chi connectivity index (χ1) is 14.9. The highest BCUT2D eigenvalue weighted by Crippen LogP contribution is 2.35. The molecule has 0 saturated carbocycles. The van der Waals surface area contributed by atoms with E-state index in [0.717, 1.165) is 5.57 Å². The van der Waals surface area contributed by atoms with Crippen LogP contribution in [-0.2, 0) is 9.53 Å². The topological polar surface area (TPSA) is 77.9 Å². The zero-order valence-electron chi connectivity index (χ0n) is 18.6. The summed E-state index contributed by atoms with van der Waals surface area (Å²) in [7, 11) is 1.48. The van der Waals surface area contributed by atoms with Crippen molar-refractivity contribution in [2.75, 3.05) is 13.7 Å². The van der Waals surface area contributed by atoms with Crippen molar-refractivity contribution in [2.24, 2.45) is 5.92 Å². The van der Waals surface area contributed by atoms with E-state index < -0.39 is 5.92 Å². The second-order valence-electron chi connectivity index (χ2n) is 6.74. The fourth-order valence-corrected chi connectivity index (χ4v) is 2.93. The molecule has 1 heterocycles. The van der Waals surface area contributed by atoms with Crippen molar-refractivity contribution in [3.05, 3.63) is 72.2 Å². The molecule has 2 aromatic rings. The molecule has 6 heteroatoms. The summed E-state index contributed by atoms with van der Waals surface area (Å²) in [4.78, 5) is 16.4. The molecular formula is C25H29NO5. The Kier molecular flexibility index (Phi) is 8.43. The predicted molar refractivity (Wildman–Crippen MR) is 122 cm³/mol. The summed E-state index contributed by atoms with van der Waals surface area (Å²) >= 11 is 0. The molecule has 1 aromatic carbocycles. The summed E-state index contributed by atoms with van der Waals surface area (Å²) in [6, 6.07) is 4.94. The number of methoxy groups -OCH3 is 1. The van der Waals surface area contributed by atoms with Crippen molar-refractivity contribution in [1.29, 1.82) is 0 Å². The Morgan fingerprint density at radius 1 is 1.29 bits per heavy atom. The van der Waals surface area contributed by atoms with Crippen LogP contribution in [0.3, 0.4) is 0 Å². The van der Waals surface area contributed by atoms with Gasteiger partial charge in [-0.25, -0.2) is 0 Å². The van der Waals surface area contributed by atoms with Crippen LogP contribution in [-0.4, -0.2) is 29.8 Å². The number of hydrogen-bond acceptors (Lipinski definition) is 6. The van der Waals surface area contributed by atoms with Crippen LogP contribution in [0.4, 0.5) is 0 Å². The van der Waals surface area contributed by atoms with E-state index in [1.807, 2.05) is 38.2 Å². The van der Waals surface area contributed by atoms with Crippen molar-refractivity contribution in [2.45, 2.75) is 27.7 Å². The van der Waals surface area contributed by atoms with E-state index in [0.29, 0.717) is 40.3 Å². The number of aromatic hydroxyl groups is 1. The molecule has 31 heavy (non-hydrogen) atoms. The molecule has 6 nitrogen and oxygen atoms in total. The van der Waals surface area contributed by atoms with Gasteiger partial charge in [-0.2, -0.15) is 0 Å². The van der Waals surface area contributed by atoms with Gasteiger partial charge in [0.1, 0.15) is 11.5 Å². The molecule has 0 amide bonds. The number of carbonyl (C=O) groups is 1. The molecule has 1 atom stereocenters. The Balaban J connectivity index is 2.42. The summed E-state index contributed by atoms with van der Waals surface area (Å²) in [6.07, 6.45) is 8.99. The van der Waals surface area contributed by atoms with Gasteiger partial charge >= 0.3 is 5.97 Å². The molecule has 0 radical (unpaired) electrons. The molecule has 1 aromatic heterocycles. The number of benzene rings is 1. The number of fused-ring (bicyclic) bond motifs is 1. The van der Waals surface area contributed by atoms with E-state index in [9.17, 15) is 9.90 Å². The van der Waals surface area contributed by atoms with Gasteiger partial charge in [0.05, 0.1) is 25.2 Å². The maximum Gasteiger partial charge on any atom is 0.313 e. The molecule has 0 aliphatic heterocycles. The number of nitrogens with zero attached hydrogens (tertiary/aromatic N) is 1. The van der Waals surface area contributed by atoms with E-state index in [-0.39, 0.29) is 11.7 Å². The number of esters is 1. The summed E-state index contributed by atoms with van der Waals surface area (Å²) in [5.74, 6) is 0.633. The molecule has 0 spiro atoms. The molecule has 1 N–H and O–H groups in total. The maximum absolute atomic E-state index is 12.2. The quantitative estimate of drug-likeness (QED) is 0.326. The van der Waals surface area contributed by atoms with Gasteiger partial charge in [-0.15, -0.1) is 0 Å². The second-order valence-corrected chi connectivity index (χ2v) is 6.74. The van der Waals surface area contributed by atoms with Crippen LogP contribution in [0.1, 0.15) is 27.7 Å². The number of hydrogen-bond donors (Lipinski definition) is 1. The van der Waals surface area contributed by atoms with Crippen molar-refractivity contribution in [3.8, 4) is 17.2 Å². The maximum atomic E-state index is 12.2. The van der Waals surface area contributed by atoms with Crippen molar-refractivity contribution in [1.82, 2.24) is 4.98 Å². The highest BCUT2D eigenvalue weighted by atomic mass is 16.5. The lowest BCUT2D eigenvalue weighted by atomic mass is 9.94. The number of carbonyl (C=O) groups excluding carboxylic acids is 1. The lowest BCUT2D eigenvalue weighted by Crippen LogP contribution is -2.17. The Bertz CT molecular complexity index is 1050. The van der Waals surface area contributed by atoms with Crippen LogP contribution < -0.4 is 9.47 Å². The third kappa shape index (κ3) is 5.75. The molecule has 164 valence electrons. The van der Waals surface area contributed by atoms with Gasteiger partial charge in [0.25, 0.3) is 0 Å². The van der Waals surface area contributed by atoms with Crippen molar-refractivity contribution in [3.63, 3.8) is 0 Å². The van der Waals surface area contributed by atoms with Crippen molar-refractivity contribution >= 4 is 16.9 Å². The Hall–Kier alpha value is -3.54. The Morgan fingerprint density at radius 3 is 2.65 bits per heavy atom. The van der Waals surface area contributed by atoms with Gasteiger partial charge in [-0.05, 0) is 63.1 Å². The lowest BCUT2D eigenvalue weighted by molar-refractivity contribution is -0.145. The standard InChI is InChI=1S/C25H29NO5/c1-7-10-18(16(4)17(5)25(28)30-9-3)13-19(8-2)31-23-11-12-26-21-15-22(27)24(29-6)14-20(21)23/h7-8,10-15,17,27H,4,9H2,1-3,5-6H3/b10-7-,18-13-,19-8+. The first-order valence-corrected chi connectivity index (χ1v) is 10.1. The van der Waals surface area contributed by atoms with E-state index >= 15 is 0 Å². The van der Waals surface area contributed by atoms with E-state index in [4.69, 9.17) is 14.2 Å². The summed E-state index contributed by atoms with van der Waals surface area (Å²) in [6.45, 7) is 11.7. The average molecular weight is 424 g/mol.